The van der Waals surface area contributed by atoms with E-state index in [1.165, 1.54) is 16.7 Å². The zero-order valence-electron chi connectivity index (χ0n) is 13.6. The van der Waals surface area contributed by atoms with E-state index in [4.69, 9.17) is 11.8 Å². The first-order valence-electron chi connectivity index (χ1n) is 7.88. The molecule has 0 atom stereocenters. The molecule has 0 heterocycles. The highest BCUT2D eigenvalue weighted by molar-refractivity contribution is 7.94. The smallest absolute Gasteiger partial charge is 0.133 e. The van der Waals surface area contributed by atoms with Crippen molar-refractivity contribution in [2.75, 3.05) is 0 Å². The first-order chi connectivity index (χ1) is 11.9. The lowest BCUT2D eigenvalue weighted by Crippen LogP contribution is -2.12. The molecule has 1 nitrogen and oxygen atoms in total. The summed E-state index contributed by atoms with van der Waals surface area (Å²) in [5, 5.41) is 6.25. The monoisotopic (exact) mass is 331 g/mol. The van der Waals surface area contributed by atoms with Gasteiger partial charge in [-0.25, -0.2) is 0 Å². The average Bonchev–Trinajstić information content (AvgIpc) is 2.66. The van der Waals surface area contributed by atoms with Crippen molar-refractivity contribution in [2.24, 2.45) is 0 Å². The van der Waals surface area contributed by atoms with Crippen molar-refractivity contribution in [1.29, 1.82) is 5.26 Å². The summed E-state index contributed by atoms with van der Waals surface area (Å²) in [6, 6.07) is 32.6. The predicted octanol–water partition coefficient (Wildman–Crippen LogP) is 5.30. The van der Waals surface area contributed by atoms with Crippen molar-refractivity contribution in [3.8, 4) is 0 Å². The summed E-state index contributed by atoms with van der Waals surface area (Å²) in [4.78, 5) is 0. The maximum atomic E-state index is 6.25. The molecule has 3 rings (SSSR count). The molecule has 120 valence electrons. The largest absolute Gasteiger partial charge is 0.512 e. The van der Waals surface area contributed by atoms with E-state index in [0.717, 1.165) is 17.3 Å². The molecule has 0 aliphatic rings. The number of nitrogens with zero attached hydrogens (tertiary/aromatic N) is 1. The number of rotatable bonds is 6. The van der Waals surface area contributed by atoms with Gasteiger partial charge in [-0.2, -0.15) is 0 Å². The Morgan fingerprint density at radius 2 is 0.750 bits per heavy atom. The van der Waals surface area contributed by atoms with Crippen molar-refractivity contribution in [1.82, 2.24) is 0 Å². The Labute approximate surface area is 147 Å². The third-order valence-electron chi connectivity index (χ3n) is 3.64. The molecule has 0 unspecified atom stereocenters. The van der Waals surface area contributed by atoms with E-state index in [0.29, 0.717) is 10.9 Å². The second-order valence-corrected chi connectivity index (χ2v) is 7.59. The van der Waals surface area contributed by atoms with Gasteiger partial charge in [0.1, 0.15) is 17.3 Å². The molecule has 0 aromatic heterocycles. The Bertz CT molecular complexity index is 609. The van der Waals surface area contributed by atoms with E-state index in [1.807, 2.05) is 0 Å². The molecule has 0 radical (unpaired) electrons. The van der Waals surface area contributed by atoms with Gasteiger partial charge in [-0.1, -0.05) is 91.0 Å². The summed E-state index contributed by atoms with van der Waals surface area (Å²) in [6.45, 7) is 4.75. The maximum Gasteiger partial charge on any atom is 0.133 e. The van der Waals surface area contributed by atoms with Gasteiger partial charge in [-0.15, -0.1) is 0 Å². The van der Waals surface area contributed by atoms with Crippen molar-refractivity contribution < 1.29 is 0 Å². The summed E-state index contributed by atoms with van der Waals surface area (Å²) in [7, 11) is 0.323. The molecule has 24 heavy (non-hydrogen) atoms. The van der Waals surface area contributed by atoms with E-state index in [2.05, 4.69) is 91.0 Å². The maximum absolute atomic E-state index is 6.25. The molecule has 0 N–H and O–H groups in total. The molecular formula is C22H21NS. The summed E-state index contributed by atoms with van der Waals surface area (Å²) in [5.74, 6) is 3.47. The fraction of sp³-hybridized carbons (Fsp3) is 0.136. The molecular weight excluding hydrogens is 310 g/mol. The Hall–Kier alpha value is -2.50. The van der Waals surface area contributed by atoms with Gasteiger partial charge >= 0.3 is 0 Å². The second-order valence-electron chi connectivity index (χ2n) is 5.50. The van der Waals surface area contributed by atoms with Crippen molar-refractivity contribution in [3.05, 3.63) is 114 Å². The lowest BCUT2D eigenvalue weighted by atomic mass is 10.2. The molecule has 0 amide bonds. The van der Waals surface area contributed by atoms with Crippen LogP contribution in [0.3, 0.4) is 0 Å². The Morgan fingerprint density at radius 3 is 1.00 bits per heavy atom. The summed E-state index contributed by atoms with van der Waals surface area (Å²) in [5.41, 5.74) is 4.33. The van der Waals surface area contributed by atoms with Gasteiger partial charge in [0.2, 0.25) is 0 Å². The van der Waals surface area contributed by atoms with Crippen LogP contribution in [-0.4, -0.2) is 0 Å². The van der Waals surface area contributed by atoms with Crippen LogP contribution >= 0.6 is 0 Å². The Balaban J connectivity index is 0.00000100. The molecule has 0 bridgehead atoms. The van der Waals surface area contributed by atoms with Crippen LogP contribution < -0.4 is 0 Å². The summed E-state index contributed by atoms with van der Waals surface area (Å²) >= 11 is 0. The van der Waals surface area contributed by atoms with Crippen molar-refractivity contribution in [2.45, 2.75) is 17.3 Å². The first-order valence-corrected chi connectivity index (χ1v) is 9.61. The molecule has 0 aliphatic heterocycles. The van der Waals surface area contributed by atoms with Gasteiger partial charge in [0.25, 0.3) is 0 Å². The minimum atomic E-state index is 0.323. The highest BCUT2D eigenvalue weighted by Gasteiger charge is 2.20. The lowest BCUT2D eigenvalue weighted by molar-refractivity contribution is 1.28. The highest BCUT2D eigenvalue weighted by atomic mass is 32.2. The fourth-order valence-electron chi connectivity index (χ4n) is 2.58. The number of hydrogen-bond acceptors (Lipinski definition) is 1. The third kappa shape index (κ3) is 5.95. The van der Waals surface area contributed by atoms with Gasteiger partial charge < -0.3 is 11.8 Å². The molecule has 0 spiro atoms. The SMILES string of the molecule is [C-]#N.c1ccc(C[S+](Cc2ccccc2)Cc2ccccc2)cc1. The molecule has 3 aromatic rings. The molecule has 0 saturated heterocycles. The van der Waals surface area contributed by atoms with Crippen LogP contribution in [0.5, 0.6) is 0 Å². The van der Waals surface area contributed by atoms with Crippen LogP contribution in [0.1, 0.15) is 16.7 Å². The van der Waals surface area contributed by atoms with Crippen LogP contribution in [0.15, 0.2) is 91.0 Å². The Morgan fingerprint density at radius 1 is 0.500 bits per heavy atom. The van der Waals surface area contributed by atoms with Gasteiger partial charge in [0.15, 0.2) is 0 Å². The van der Waals surface area contributed by atoms with E-state index in [-0.39, 0.29) is 0 Å². The average molecular weight is 331 g/mol. The molecule has 0 fully saturated rings. The Kier molecular flexibility index (Phi) is 7.67. The number of hydrogen-bond donors (Lipinski definition) is 0. The van der Waals surface area contributed by atoms with Crippen molar-refractivity contribution in [3.63, 3.8) is 0 Å². The molecule has 3 aromatic carbocycles. The fourth-order valence-corrected chi connectivity index (χ4v) is 4.88. The minimum absolute atomic E-state index is 0.323. The summed E-state index contributed by atoms with van der Waals surface area (Å²) < 4.78 is 0. The lowest BCUT2D eigenvalue weighted by Gasteiger charge is -2.10. The van der Waals surface area contributed by atoms with Crippen LogP contribution in [0.2, 0.25) is 0 Å². The first kappa shape index (κ1) is 17.8. The van der Waals surface area contributed by atoms with Crippen molar-refractivity contribution >= 4 is 10.9 Å². The molecule has 0 saturated carbocycles. The second kappa shape index (κ2) is 10.3. The normalized spacial score (nSPS) is 9.96. The van der Waals surface area contributed by atoms with Gasteiger partial charge in [-0.05, 0) is 0 Å². The van der Waals surface area contributed by atoms with E-state index in [1.54, 1.807) is 0 Å². The third-order valence-corrected chi connectivity index (χ3v) is 5.87. The van der Waals surface area contributed by atoms with Crippen LogP contribution in [-0.2, 0) is 28.2 Å². The molecule has 0 aliphatic carbocycles. The molecule has 2 heteroatoms. The summed E-state index contributed by atoms with van der Waals surface area (Å²) in [6.07, 6.45) is 0. The minimum Gasteiger partial charge on any atom is -0.512 e. The van der Waals surface area contributed by atoms with Gasteiger partial charge in [0, 0.05) is 27.6 Å². The van der Waals surface area contributed by atoms with E-state index < -0.39 is 0 Å². The van der Waals surface area contributed by atoms with Crippen LogP contribution in [0.4, 0.5) is 0 Å². The highest BCUT2D eigenvalue weighted by Crippen LogP contribution is 2.19. The quantitative estimate of drug-likeness (QED) is 0.444. The van der Waals surface area contributed by atoms with Crippen LogP contribution in [0.25, 0.3) is 0 Å². The standard InChI is InChI=1S/C21H21S.CN/c1-4-10-19(11-5-1)16-22(17-20-12-6-2-7-13-20)18-21-14-8-3-9-15-21;1-2/h1-15H,16-18H2;/q+1;-1. The van der Waals surface area contributed by atoms with E-state index in [9.17, 15) is 0 Å². The number of benzene rings is 3. The van der Waals surface area contributed by atoms with Gasteiger partial charge in [-0.3, -0.25) is 0 Å². The predicted molar refractivity (Wildman–Crippen MR) is 103 cm³/mol. The zero-order chi connectivity index (χ0) is 17.0. The van der Waals surface area contributed by atoms with E-state index >= 15 is 0 Å². The van der Waals surface area contributed by atoms with Gasteiger partial charge in [0.05, 0.1) is 0 Å². The van der Waals surface area contributed by atoms with Crippen LogP contribution in [0, 0.1) is 11.8 Å². The zero-order valence-corrected chi connectivity index (χ0v) is 14.5. The topological polar surface area (TPSA) is 23.8 Å².